The first-order valence-corrected chi connectivity index (χ1v) is 7.85. The van der Waals surface area contributed by atoms with Gasteiger partial charge in [-0.15, -0.1) is 11.8 Å². The Labute approximate surface area is 126 Å². The maximum Gasteiger partial charge on any atom is 0.254 e. The lowest BCUT2D eigenvalue weighted by molar-refractivity contribution is 0.0934. The van der Waals surface area contributed by atoms with Crippen LogP contribution in [-0.2, 0) is 0 Å². The Bertz CT molecular complexity index is 696. The lowest BCUT2D eigenvalue weighted by Gasteiger charge is -2.25. The zero-order valence-corrected chi connectivity index (χ0v) is 12.4. The summed E-state index contributed by atoms with van der Waals surface area (Å²) in [7, 11) is 0. The molecule has 1 aromatic carbocycles. The monoisotopic (exact) mass is 302 g/mol. The van der Waals surface area contributed by atoms with Crippen LogP contribution in [0.1, 0.15) is 28.4 Å². The van der Waals surface area contributed by atoms with Gasteiger partial charge in [-0.3, -0.25) is 4.79 Å². The Morgan fingerprint density at radius 1 is 1.30 bits per heavy atom. The molecular formula is C15H14N2OS2. The van der Waals surface area contributed by atoms with Crippen molar-refractivity contribution in [2.75, 3.05) is 5.75 Å². The van der Waals surface area contributed by atoms with Gasteiger partial charge in [-0.05, 0) is 30.2 Å². The largest absolute Gasteiger partial charge is 0.352 e. The van der Waals surface area contributed by atoms with E-state index in [2.05, 4.69) is 22.4 Å². The van der Waals surface area contributed by atoms with Crippen LogP contribution in [0.5, 0.6) is 0 Å². The van der Waals surface area contributed by atoms with Crippen LogP contribution in [0.15, 0.2) is 47.5 Å². The van der Waals surface area contributed by atoms with Crippen LogP contribution in [0, 0.1) is 4.64 Å². The van der Waals surface area contributed by atoms with Gasteiger partial charge in [0, 0.05) is 16.8 Å². The molecular weight excluding hydrogens is 288 g/mol. The highest BCUT2D eigenvalue weighted by Gasteiger charge is 2.22. The molecule has 0 aliphatic carbocycles. The van der Waals surface area contributed by atoms with Gasteiger partial charge >= 0.3 is 0 Å². The predicted molar refractivity (Wildman–Crippen MR) is 83.6 cm³/mol. The highest BCUT2D eigenvalue weighted by molar-refractivity contribution is 7.99. The molecule has 5 heteroatoms. The minimum Gasteiger partial charge on any atom is -0.352 e. The fraction of sp³-hybridized carbons (Fsp3) is 0.200. The summed E-state index contributed by atoms with van der Waals surface area (Å²) in [4.78, 5) is 16.5. The van der Waals surface area contributed by atoms with E-state index in [1.807, 2.05) is 23.9 Å². The Balaban J connectivity index is 1.85. The van der Waals surface area contributed by atoms with E-state index in [9.17, 15) is 4.79 Å². The number of pyridine rings is 1. The number of aromatic amines is 1. The summed E-state index contributed by atoms with van der Waals surface area (Å²) in [6, 6.07) is 11.8. The molecule has 3 nitrogen and oxygen atoms in total. The molecule has 1 atom stereocenters. The van der Waals surface area contributed by atoms with Gasteiger partial charge in [0.2, 0.25) is 0 Å². The first-order valence-electron chi connectivity index (χ1n) is 6.46. The molecule has 20 heavy (non-hydrogen) atoms. The van der Waals surface area contributed by atoms with E-state index >= 15 is 0 Å². The lowest BCUT2D eigenvalue weighted by Crippen LogP contribution is -2.30. The number of nitrogens with one attached hydrogen (secondary N) is 2. The van der Waals surface area contributed by atoms with E-state index in [0.29, 0.717) is 10.2 Å². The number of rotatable bonds is 2. The van der Waals surface area contributed by atoms with Crippen molar-refractivity contribution in [3.8, 4) is 0 Å². The first-order chi connectivity index (χ1) is 9.75. The van der Waals surface area contributed by atoms with E-state index in [4.69, 9.17) is 12.2 Å². The predicted octanol–water partition coefficient (Wildman–Crippen LogP) is 3.71. The molecule has 0 spiro atoms. The van der Waals surface area contributed by atoms with Gasteiger partial charge in [0.25, 0.3) is 5.91 Å². The molecule has 3 rings (SSSR count). The Morgan fingerprint density at radius 2 is 2.15 bits per heavy atom. The van der Waals surface area contributed by atoms with Crippen molar-refractivity contribution in [2.45, 2.75) is 17.4 Å². The zero-order valence-electron chi connectivity index (χ0n) is 10.8. The van der Waals surface area contributed by atoms with Crippen LogP contribution in [0.25, 0.3) is 0 Å². The van der Waals surface area contributed by atoms with Crippen molar-refractivity contribution in [3.05, 3.63) is 58.4 Å². The molecule has 0 radical (unpaired) electrons. The van der Waals surface area contributed by atoms with E-state index in [0.717, 1.165) is 12.2 Å². The normalized spacial score (nSPS) is 17.3. The van der Waals surface area contributed by atoms with Crippen LogP contribution in [0.3, 0.4) is 0 Å². The van der Waals surface area contributed by atoms with E-state index in [1.165, 1.54) is 10.5 Å². The lowest BCUT2D eigenvalue weighted by atomic mass is 10.0. The van der Waals surface area contributed by atoms with Crippen molar-refractivity contribution in [2.24, 2.45) is 0 Å². The molecule has 1 aromatic heterocycles. The van der Waals surface area contributed by atoms with Crippen LogP contribution in [0.4, 0.5) is 0 Å². The number of hydrogen-bond donors (Lipinski definition) is 2. The number of carbonyl (C=O) groups excluding carboxylic acids is 1. The summed E-state index contributed by atoms with van der Waals surface area (Å²) in [5.74, 6) is 0.905. The summed E-state index contributed by atoms with van der Waals surface area (Å²) in [5.41, 5.74) is 1.72. The zero-order chi connectivity index (χ0) is 13.9. The van der Waals surface area contributed by atoms with Gasteiger partial charge in [0.05, 0.1) is 11.6 Å². The second-order valence-corrected chi connectivity index (χ2v) is 6.16. The van der Waals surface area contributed by atoms with Crippen LogP contribution >= 0.6 is 24.0 Å². The number of hydrogen-bond acceptors (Lipinski definition) is 3. The van der Waals surface area contributed by atoms with Gasteiger partial charge in [0.15, 0.2) is 0 Å². The minimum atomic E-state index is -0.112. The van der Waals surface area contributed by atoms with Crippen LogP contribution in [0.2, 0.25) is 0 Å². The fourth-order valence-electron chi connectivity index (χ4n) is 2.33. The highest BCUT2D eigenvalue weighted by atomic mass is 32.2. The van der Waals surface area contributed by atoms with E-state index in [1.54, 1.807) is 18.3 Å². The number of amides is 1. The van der Waals surface area contributed by atoms with Gasteiger partial charge in [-0.25, -0.2) is 0 Å². The van der Waals surface area contributed by atoms with Gasteiger partial charge in [-0.1, -0.05) is 30.4 Å². The fourth-order valence-corrected chi connectivity index (χ4v) is 3.68. The third-order valence-corrected chi connectivity index (χ3v) is 4.79. The van der Waals surface area contributed by atoms with Crippen molar-refractivity contribution >= 4 is 29.9 Å². The summed E-state index contributed by atoms with van der Waals surface area (Å²) < 4.78 is 0.475. The Hall–Kier alpha value is -1.59. The molecule has 1 amide bonds. The second-order valence-electron chi connectivity index (χ2n) is 4.61. The summed E-state index contributed by atoms with van der Waals surface area (Å²) in [6.45, 7) is 0. The number of aromatic nitrogens is 1. The third-order valence-electron chi connectivity index (χ3n) is 3.33. The standard InChI is InChI=1S/C15H14N2OS2/c18-14(11-5-3-8-16-15(11)19)17-12-7-9-20-13-6-2-1-4-10(12)13/h1-6,8,12H,7,9H2,(H,16,19)(H,17,18). The molecule has 2 heterocycles. The molecule has 0 saturated heterocycles. The molecule has 2 N–H and O–H groups in total. The quantitative estimate of drug-likeness (QED) is 0.831. The molecule has 1 aliphatic rings. The number of thioether (sulfide) groups is 1. The number of fused-ring (bicyclic) bond motifs is 1. The molecule has 0 saturated carbocycles. The summed E-state index contributed by atoms with van der Waals surface area (Å²) in [5, 5.41) is 3.09. The van der Waals surface area contributed by atoms with Crippen molar-refractivity contribution < 1.29 is 4.79 Å². The number of benzene rings is 1. The second kappa shape index (κ2) is 5.81. The Kier molecular flexibility index (Phi) is 3.89. The highest BCUT2D eigenvalue weighted by Crippen LogP contribution is 2.35. The van der Waals surface area contributed by atoms with Gasteiger partial charge in [-0.2, -0.15) is 0 Å². The first kappa shape index (κ1) is 13.4. The summed E-state index contributed by atoms with van der Waals surface area (Å²) >= 11 is 6.99. The molecule has 102 valence electrons. The SMILES string of the molecule is O=C(NC1CCSc2ccccc21)c1ccc[nH]c1=S. The minimum absolute atomic E-state index is 0.0644. The van der Waals surface area contributed by atoms with Crippen molar-refractivity contribution in [1.82, 2.24) is 10.3 Å². The average molecular weight is 302 g/mol. The molecule has 2 aromatic rings. The van der Waals surface area contributed by atoms with Gasteiger partial charge in [0.1, 0.15) is 4.64 Å². The molecule has 1 aliphatic heterocycles. The van der Waals surface area contributed by atoms with Crippen molar-refractivity contribution in [1.29, 1.82) is 0 Å². The van der Waals surface area contributed by atoms with Crippen LogP contribution < -0.4 is 5.32 Å². The number of carbonyl (C=O) groups is 1. The van der Waals surface area contributed by atoms with Gasteiger partial charge < -0.3 is 10.3 Å². The molecule has 0 bridgehead atoms. The van der Waals surface area contributed by atoms with Crippen molar-refractivity contribution in [3.63, 3.8) is 0 Å². The molecule has 0 fully saturated rings. The maximum atomic E-state index is 12.3. The smallest absolute Gasteiger partial charge is 0.254 e. The van der Waals surface area contributed by atoms with E-state index in [-0.39, 0.29) is 11.9 Å². The number of H-pyrrole nitrogens is 1. The third kappa shape index (κ3) is 2.64. The Morgan fingerprint density at radius 3 is 3.00 bits per heavy atom. The average Bonchev–Trinajstić information content (AvgIpc) is 2.48. The summed E-state index contributed by atoms with van der Waals surface area (Å²) in [6.07, 6.45) is 2.67. The molecule has 1 unspecified atom stereocenters. The topological polar surface area (TPSA) is 44.9 Å². The maximum absolute atomic E-state index is 12.3. The van der Waals surface area contributed by atoms with Crippen LogP contribution in [-0.4, -0.2) is 16.6 Å². The van der Waals surface area contributed by atoms with E-state index < -0.39 is 0 Å².